The van der Waals surface area contributed by atoms with Gasteiger partial charge in [0.15, 0.2) is 23.1 Å². The molecular formula is C77H125Cl2N9O9. The van der Waals surface area contributed by atoms with Gasteiger partial charge in [0.25, 0.3) is 0 Å². The number of aromatic nitrogens is 9. The Hall–Kier alpha value is -3.52. The minimum Gasteiger partial charge on any atom is -0.390 e. The first kappa shape index (κ1) is 77.6. The number of halogens is 2. The van der Waals surface area contributed by atoms with Gasteiger partial charge in [-0.05, 0) is 258 Å². The molecule has 0 saturated heterocycles. The highest BCUT2D eigenvalue weighted by atomic mass is 35.5. The predicted octanol–water partition coefficient (Wildman–Crippen LogP) is 14.4. The van der Waals surface area contributed by atoms with Gasteiger partial charge in [-0.2, -0.15) is 45.0 Å². The molecule has 3 aromatic heterocycles. The van der Waals surface area contributed by atoms with Crippen molar-refractivity contribution in [3.63, 3.8) is 0 Å². The minimum absolute atomic E-state index is 0. The van der Waals surface area contributed by atoms with Crippen LogP contribution in [0.4, 0.5) is 0 Å². The van der Waals surface area contributed by atoms with Gasteiger partial charge in [-0.1, -0.05) is 63.8 Å². The lowest BCUT2D eigenvalue weighted by Gasteiger charge is -2.63. The first-order valence-electron chi connectivity index (χ1n) is 36.6. The number of Topliss-reactive ketones (excluding diaryl/α,β-unsaturated/α-hetero) is 4. The van der Waals surface area contributed by atoms with E-state index in [9.17, 15) is 29.4 Å². The molecule has 0 unspecified atom stereocenters. The van der Waals surface area contributed by atoms with Gasteiger partial charge in [-0.25, -0.2) is 0 Å². The summed E-state index contributed by atoms with van der Waals surface area (Å²) in [6, 6.07) is 0. The highest BCUT2D eigenvalue weighted by Crippen LogP contribution is 2.71. The number of carbonyl (C=O) groups is 4. The van der Waals surface area contributed by atoms with Gasteiger partial charge in [0.1, 0.15) is 25.7 Å². The molecule has 0 spiro atoms. The molecule has 3 heterocycles. The van der Waals surface area contributed by atoms with Crippen LogP contribution in [-0.4, -0.2) is 135 Å². The van der Waals surface area contributed by atoms with E-state index in [-0.39, 0.29) is 102 Å². The first-order valence-corrected chi connectivity index (χ1v) is 37.6. The van der Waals surface area contributed by atoms with E-state index in [1.807, 2.05) is 6.92 Å². The highest BCUT2D eigenvalue weighted by Gasteiger charge is 2.66. The summed E-state index contributed by atoms with van der Waals surface area (Å²) in [6.45, 7) is 17.5. The summed E-state index contributed by atoms with van der Waals surface area (Å²) in [5, 5.41) is 46.6. The van der Waals surface area contributed by atoms with Gasteiger partial charge in [0.2, 0.25) is 0 Å². The van der Waals surface area contributed by atoms with E-state index >= 15 is 0 Å². The lowest BCUT2D eigenvalue weighted by atomic mass is 9.43. The van der Waals surface area contributed by atoms with Crippen molar-refractivity contribution in [1.82, 2.24) is 45.0 Å². The van der Waals surface area contributed by atoms with Crippen LogP contribution < -0.4 is 0 Å². The maximum Gasteiger partial charge on any atom is 0.161 e. The average molecular weight is 1390 g/mol. The molecule has 0 bridgehead atoms. The number of alkyl halides is 2. The first-order chi connectivity index (χ1) is 44.8. The molecule has 12 saturated carbocycles. The number of aliphatic hydroxyl groups is 2. The standard InChI is InChI=1S/C25H39N3O3.C24H37N3O3.C24H35N3O3.CH2Cl2.3CH4/c1-23-10-9-19-17(6-5-16-13-25(3,30)22(31-4)14-24(16,19)2)18(23)7-8-20(23)21(29)15-28-26-11-12-27-28;2*1-23-9-8-18-16(5-4-15-12-20(28)22(30-3)13-24(15,18)2)17(23)6-7-19(23)21(29)14-27-25-10-11-26-27;2-1-3;;;/h11-12,16-20,22,30H,5-10,13-15H2,1-4H3;10-11,15-20,22,28H,4-9,12-14H2,1-3H3;10-11,15-19,22H,4-9,12-14H2,1-3H3;1H2;3*1H4/t16-,17-,18-,19-,20+,22-,23-,24-,25-;15-,16-,17-,18-,19+,20-,22-,23-,24-;15-,16-,17-,18-,19+,22-,23-,24-;;;;/m000..../s1. The maximum absolute atomic E-state index is 13.2. The van der Waals surface area contributed by atoms with Gasteiger partial charge in [0, 0.05) is 45.5 Å². The van der Waals surface area contributed by atoms with E-state index in [0.717, 1.165) is 83.5 Å². The molecule has 12 aliphatic rings. The van der Waals surface area contributed by atoms with Crippen LogP contribution >= 0.6 is 23.2 Å². The molecule has 2 N–H and O–H groups in total. The molecule has 12 fully saturated rings. The van der Waals surface area contributed by atoms with Crippen LogP contribution in [0.5, 0.6) is 0 Å². The normalized spacial score (nSPS) is 44.8. The van der Waals surface area contributed by atoms with E-state index in [1.54, 1.807) is 58.5 Å². The van der Waals surface area contributed by atoms with Crippen LogP contribution in [0.3, 0.4) is 0 Å². The number of nitrogens with zero attached hydrogens (tertiary/aromatic N) is 9. The predicted molar refractivity (Wildman–Crippen MR) is 378 cm³/mol. The summed E-state index contributed by atoms with van der Waals surface area (Å²) in [4.78, 5) is 56.7. The van der Waals surface area contributed by atoms with E-state index in [2.05, 4.69) is 72.1 Å². The Kier molecular flexibility index (Phi) is 24.4. The Balaban J connectivity index is 0.000000164. The smallest absolute Gasteiger partial charge is 0.161 e. The third-order valence-corrected chi connectivity index (χ3v) is 30.5. The number of ketones is 4. The maximum atomic E-state index is 13.2. The largest absolute Gasteiger partial charge is 0.390 e. The Morgan fingerprint density at radius 3 is 1.19 bits per heavy atom. The zero-order chi connectivity index (χ0) is 66.9. The molecule has 12 aliphatic carbocycles. The Bertz CT molecular complexity index is 3100. The second-order valence-corrected chi connectivity index (χ2v) is 34.9. The number of hydrogen-bond donors (Lipinski definition) is 2. The SMILES string of the molecule is C.C.C.CO[C@H]1C[C@@]2(C)[C@@H](CC[C@@H]3[C@@H]2CC[C@]2(C)[C@@H](C(=O)Cn4nccn4)CC[C@@H]32)CC1=O.CO[C@H]1C[C@@]2(C)[C@@H](CC[C@@H]3[C@@H]2CC[C@]2(C)[C@@H](C(=O)Cn4nccn4)CC[C@@H]32)C[C@@H]1O.CO[C@H]1C[C@@]2(C)[C@@H](CC[C@@H]3[C@@H]2CC[C@]2(C)[C@@H](C(=O)Cn4nccn4)CC[C@@H]32)C[C@]1(C)O.ClCCl. The van der Waals surface area contributed by atoms with Crippen LogP contribution in [0, 0.1) is 121 Å². The molecule has 3 aromatic rings. The molecule has 0 aromatic carbocycles. The van der Waals surface area contributed by atoms with Crippen molar-refractivity contribution in [3.05, 3.63) is 37.2 Å². The zero-order valence-corrected chi connectivity index (χ0v) is 59.8. The van der Waals surface area contributed by atoms with Crippen molar-refractivity contribution >= 4 is 46.3 Å². The fourth-order valence-electron chi connectivity index (χ4n) is 25.9. The van der Waals surface area contributed by atoms with E-state index in [4.69, 9.17) is 37.4 Å². The fourth-order valence-corrected chi connectivity index (χ4v) is 25.9. The summed E-state index contributed by atoms with van der Waals surface area (Å²) >= 11 is 9.53. The van der Waals surface area contributed by atoms with Crippen molar-refractivity contribution in [1.29, 1.82) is 0 Å². The number of methoxy groups -OCH3 is 3. The van der Waals surface area contributed by atoms with E-state index in [0.29, 0.717) is 120 Å². The number of fused-ring (bicyclic) bond motifs is 15. The quantitative estimate of drug-likeness (QED) is 0.161. The minimum atomic E-state index is -0.722. The van der Waals surface area contributed by atoms with Crippen LogP contribution in [0.2, 0.25) is 0 Å². The number of aliphatic hydroxyl groups excluding tert-OH is 1. The lowest BCUT2D eigenvalue weighted by Crippen LogP contribution is -2.60. The molecule has 0 amide bonds. The summed E-state index contributed by atoms with van der Waals surface area (Å²) < 4.78 is 17.1. The summed E-state index contributed by atoms with van der Waals surface area (Å²) in [5.74, 6) is 9.31. The third-order valence-electron chi connectivity index (χ3n) is 30.5. The highest BCUT2D eigenvalue weighted by molar-refractivity contribution is 6.40. The Morgan fingerprint density at radius 2 is 0.814 bits per heavy atom. The monoisotopic (exact) mass is 1390 g/mol. The van der Waals surface area contributed by atoms with Gasteiger partial charge >= 0.3 is 0 Å². The fraction of sp³-hybridized carbons (Fsp3) is 0.870. The number of rotatable bonds is 12. The van der Waals surface area contributed by atoms with Crippen LogP contribution in [-0.2, 0) is 53.0 Å². The zero-order valence-electron chi connectivity index (χ0n) is 58.3. The molecular weight excluding hydrogens is 1270 g/mol. The van der Waals surface area contributed by atoms with Crippen molar-refractivity contribution in [2.75, 3.05) is 26.7 Å². The molecule has 97 heavy (non-hydrogen) atoms. The molecule has 546 valence electrons. The van der Waals surface area contributed by atoms with Gasteiger partial charge in [0.05, 0.1) is 66.4 Å². The number of ether oxygens (including phenoxy) is 3. The molecule has 0 aliphatic heterocycles. The van der Waals surface area contributed by atoms with Crippen LogP contribution in [0.1, 0.15) is 225 Å². The van der Waals surface area contributed by atoms with Gasteiger partial charge in [-0.15, -0.1) is 23.2 Å². The van der Waals surface area contributed by atoms with Crippen molar-refractivity contribution < 1.29 is 43.6 Å². The lowest BCUT2D eigenvalue weighted by molar-refractivity contribution is -0.198. The van der Waals surface area contributed by atoms with Gasteiger partial charge in [-0.3, -0.25) is 19.2 Å². The van der Waals surface area contributed by atoms with Crippen LogP contribution in [0.15, 0.2) is 37.2 Å². The van der Waals surface area contributed by atoms with Crippen LogP contribution in [0.25, 0.3) is 0 Å². The molecule has 18 nitrogen and oxygen atoms in total. The second-order valence-electron chi connectivity index (χ2n) is 34.0. The third kappa shape index (κ3) is 13.9. The Morgan fingerprint density at radius 1 is 0.464 bits per heavy atom. The summed E-state index contributed by atoms with van der Waals surface area (Å²) in [5.41, 5.74) is 0.276. The van der Waals surface area contributed by atoms with Gasteiger partial charge < -0.3 is 24.4 Å². The second kappa shape index (κ2) is 30.4. The topological polar surface area (TPSA) is 229 Å². The van der Waals surface area contributed by atoms with Crippen molar-refractivity contribution in [3.8, 4) is 0 Å². The Labute approximate surface area is 591 Å². The molecule has 0 radical (unpaired) electrons. The van der Waals surface area contributed by atoms with Crippen molar-refractivity contribution in [2.45, 2.75) is 274 Å². The van der Waals surface area contributed by atoms with Crippen molar-refractivity contribution in [2.24, 2.45) is 121 Å². The van der Waals surface area contributed by atoms with E-state index < -0.39 is 5.60 Å². The molecule has 15 rings (SSSR count). The molecule has 26 atom stereocenters. The van der Waals surface area contributed by atoms with E-state index in [1.165, 1.54) is 78.6 Å². The summed E-state index contributed by atoms with van der Waals surface area (Å²) in [6.07, 6.45) is 35.3. The average Bonchev–Trinajstić information content (AvgIpc) is 1.72. The number of hydrogen-bond acceptors (Lipinski definition) is 15. The summed E-state index contributed by atoms with van der Waals surface area (Å²) in [7, 11) is 5.19. The molecule has 20 heteroatoms. The number of carbonyl (C=O) groups excluding carboxylic acids is 4.